The molecule has 0 unspecified atom stereocenters. The molecule has 0 aliphatic heterocycles. The monoisotopic (exact) mass is 318 g/mol. The quantitative estimate of drug-likeness (QED) is 0.607. The molecule has 4 aromatic rings. The normalized spacial score (nSPS) is 10.8. The zero-order valence-corrected chi connectivity index (χ0v) is 13.1. The highest BCUT2D eigenvalue weighted by Crippen LogP contribution is 2.28. The Labute approximate surface area is 137 Å². The summed E-state index contributed by atoms with van der Waals surface area (Å²) < 4.78 is 0. The lowest BCUT2D eigenvalue weighted by molar-refractivity contribution is 1.10. The molecule has 112 valence electrons. The SMILES string of the molecule is c1ccc(CNc2nc(-c3ccccn3)nc3sccc23)cc1. The van der Waals surface area contributed by atoms with Crippen LogP contribution in [-0.4, -0.2) is 15.0 Å². The van der Waals surface area contributed by atoms with Gasteiger partial charge in [-0.15, -0.1) is 11.3 Å². The van der Waals surface area contributed by atoms with Crippen LogP contribution in [0.25, 0.3) is 21.7 Å². The van der Waals surface area contributed by atoms with Gasteiger partial charge in [0.1, 0.15) is 16.3 Å². The zero-order valence-electron chi connectivity index (χ0n) is 12.3. The predicted octanol–water partition coefficient (Wildman–Crippen LogP) is 4.37. The Kier molecular flexibility index (Phi) is 3.70. The van der Waals surface area contributed by atoms with E-state index in [0.717, 1.165) is 28.3 Å². The van der Waals surface area contributed by atoms with Crippen molar-refractivity contribution in [3.05, 3.63) is 71.7 Å². The van der Waals surface area contributed by atoms with Crippen LogP contribution >= 0.6 is 11.3 Å². The van der Waals surface area contributed by atoms with Crippen molar-refractivity contribution in [3.8, 4) is 11.5 Å². The van der Waals surface area contributed by atoms with Gasteiger partial charge in [0.15, 0.2) is 5.82 Å². The lowest BCUT2D eigenvalue weighted by atomic mass is 10.2. The first-order valence-corrected chi connectivity index (χ1v) is 8.22. The molecule has 4 nitrogen and oxygen atoms in total. The minimum atomic E-state index is 0.649. The molecule has 0 aliphatic carbocycles. The van der Waals surface area contributed by atoms with Crippen LogP contribution in [0.1, 0.15) is 5.56 Å². The summed E-state index contributed by atoms with van der Waals surface area (Å²) >= 11 is 1.61. The highest BCUT2D eigenvalue weighted by Gasteiger charge is 2.11. The number of anilines is 1. The van der Waals surface area contributed by atoms with E-state index in [9.17, 15) is 0 Å². The fourth-order valence-corrected chi connectivity index (χ4v) is 3.15. The van der Waals surface area contributed by atoms with Gasteiger partial charge in [-0.05, 0) is 29.1 Å². The second-order valence-corrected chi connectivity index (χ2v) is 5.98. The third-order valence-corrected chi connectivity index (χ3v) is 4.33. The van der Waals surface area contributed by atoms with Gasteiger partial charge >= 0.3 is 0 Å². The molecule has 0 aliphatic rings. The highest BCUT2D eigenvalue weighted by atomic mass is 32.1. The molecule has 1 N–H and O–H groups in total. The summed E-state index contributed by atoms with van der Waals surface area (Å²) in [4.78, 5) is 14.6. The summed E-state index contributed by atoms with van der Waals surface area (Å²) in [5.41, 5.74) is 2.00. The zero-order chi connectivity index (χ0) is 15.5. The fraction of sp³-hybridized carbons (Fsp3) is 0.0556. The molecule has 0 saturated heterocycles. The van der Waals surface area contributed by atoms with E-state index in [1.54, 1.807) is 17.5 Å². The number of pyridine rings is 1. The third-order valence-electron chi connectivity index (χ3n) is 3.52. The van der Waals surface area contributed by atoms with Crippen LogP contribution in [0.5, 0.6) is 0 Å². The Morgan fingerprint density at radius 1 is 0.913 bits per heavy atom. The van der Waals surface area contributed by atoms with Crippen molar-refractivity contribution >= 4 is 27.4 Å². The second-order valence-electron chi connectivity index (χ2n) is 5.09. The van der Waals surface area contributed by atoms with Crippen molar-refractivity contribution in [3.63, 3.8) is 0 Å². The molecular weight excluding hydrogens is 304 g/mol. The molecule has 5 heteroatoms. The minimum absolute atomic E-state index is 0.649. The van der Waals surface area contributed by atoms with Crippen LogP contribution in [0.3, 0.4) is 0 Å². The van der Waals surface area contributed by atoms with E-state index in [1.165, 1.54) is 5.56 Å². The van der Waals surface area contributed by atoms with Gasteiger partial charge in [0.05, 0.1) is 5.39 Å². The van der Waals surface area contributed by atoms with Crippen LogP contribution in [0.15, 0.2) is 66.2 Å². The van der Waals surface area contributed by atoms with Crippen molar-refractivity contribution < 1.29 is 0 Å². The number of benzene rings is 1. The second kappa shape index (κ2) is 6.14. The molecule has 0 radical (unpaired) electrons. The molecule has 3 aromatic heterocycles. The molecule has 1 aromatic carbocycles. The maximum Gasteiger partial charge on any atom is 0.181 e. The lowest BCUT2D eigenvalue weighted by Crippen LogP contribution is -2.03. The molecular formula is C18H14N4S. The summed E-state index contributed by atoms with van der Waals surface area (Å²) in [6.07, 6.45) is 1.76. The van der Waals surface area contributed by atoms with E-state index in [4.69, 9.17) is 0 Å². The number of nitrogens with one attached hydrogen (secondary N) is 1. The van der Waals surface area contributed by atoms with Gasteiger partial charge in [-0.3, -0.25) is 4.98 Å². The first kappa shape index (κ1) is 13.8. The molecule has 23 heavy (non-hydrogen) atoms. The van der Waals surface area contributed by atoms with Gasteiger partial charge < -0.3 is 5.32 Å². The van der Waals surface area contributed by atoms with Crippen LogP contribution < -0.4 is 5.32 Å². The Morgan fingerprint density at radius 3 is 2.61 bits per heavy atom. The van der Waals surface area contributed by atoms with Crippen LogP contribution in [-0.2, 0) is 6.54 Å². The number of thiophene rings is 1. The molecule has 3 heterocycles. The number of nitrogens with zero attached hydrogens (tertiary/aromatic N) is 3. The summed E-state index contributed by atoms with van der Waals surface area (Å²) in [7, 11) is 0. The third kappa shape index (κ3) is 2.91. The molecule has 0 amide bonds. The number of hydrogen-bond donors (Lipinski definition) is 1. The van der Waals surface area contributed by atoms with E-state index in [-0.39, 0.29) is 0 Å². The Balaban J connectivity index is 1.71. The van der Waals surface area contributed by atoms with Gasteiger partial charge in [-0.2, -0.15) is 0 Å². The fourth-order valence-electron chi connectivity index (χ4n) is 2.38. The van der Waals surface area contributed by atoms with Gasteiger partial charge in [0, 0.05) is 12.7 Å². The van der Waals surface area contributed by atoms with Gasteiger partial charge in [-0.25, -0.2) is 9.97 Å². The number of aromatic nitrogens is 3. The number of rotatable bonds is 4. The molecule has 0 fully saturated rings. The maximum atomic E-state index is 4.68. The largest absolute Gasteiger partial charge is 0.365 e. The summed E-state index contributed by atoms with van der Waals surface area (Å²) in [6.45, 7) is 0.727. The van der Waals surface area contributed by atoms with E-state index in [1.807, 2.05) is 41.8 Å². The van der Waals surface area contributed by atoms with Crippen molar-refractivity contribution in [1.29, 1.82) is 0 Å². The van der Waals surface area contributed by atoms with Crippen molar-refractivity contribution in [2.45, 2.75) is 6.54 Å². The minimum Gasteiger partial charge on any atom is -0.365 e. The predicted molar refractivity (Wildman–Crippen MR) is 94.4 cm³/mol. The summed E-state index contributed by atoms with van der Waals surface area (Å²) in [5.74, 6) is 1.50. The first-order valence-electron chi connectivity index (χ1n) is 7.34. The maximum absolute atomic E-state index is 4.68. The van der Waals surface area contributed by atoms with E-state index < -0.39 is 0 Å². The number of fused-ring (bicyclic) bond motifs is 1. The smallest absolute Gasteiger partial charge is 0.181 e. The Bertz CT molecular complexity index is 920. The molecule has 0 bridgehead atoms. The lowest BCUT2D eigenvalue weighted by Gasteiger charge is -2.09. The average Bonchev–Trinajstić information content (AvgIpc) is 3.10. The Hall–Kier alpha value is -2.79. The van der Waals surface area contributed by atoms with Gasteiger partial charge in [0.2, 0.25) is 0 Å². The Morgan fingerprint density at radius 2 is 1.78 bits per heavy atom. The van der Waals surface area contributed by atoms with E-state index in [0.29, 0.717) is 5.82 Å². The van der Waals surface area contributed by atoms with Crippen LogP contribution in [0.4, 0.5) is 5.82 Å². The van der Waals surface area contributed by atoms with Crippen LogP contribution in [0.2, 0.25) is 0 Å². The highest BCUT2D eigenvalue weighted by molar-refractivity contribution is 7.16. The number of hydrogen-bond acceptors (Lipinski definition) is 5. The first-order chi connectivity index (χ1) is 11.4. The van der Waals surface area contributed by atoms with E-state index in [2.05, 4.69) is 38.5 Å². The topological polar surface area (TPSA) is 50.7 Å². The standard InChI is InChI=1S/C18H14N4S/c1-2-6-13(7-3-1)12-20-16-14-9-11-23-18(14)22-17(21-16)15-8-4-5-10-19-15/h1-11H,12H2,(H,20,21,22). The van der Waals surface area contributed by atoms with E-state index >= 15 is 0 Å². The molecule has 0 saturated carbocycles. The van der Waals surface area contributed by atoms with Crippen LogP contribution in [0, 0.1) is 0 Å². The van der Waals surface area contributed by atoms with Crippen molar-refractivity contribution in [2.24, 2.45) is 0 Å². The van der Waals surface area contributed by atoms with Gasteiger partial charge in [0.25, 0.3) is 0 Å². The van der Waals surface area contributed by atoms with Gasteiger partial charge in [-0.1, -0.05) is 36.4 Å². The molecule has 4 rings (SSSR count). The molecule has 0 spiro atoms. The van der Waals surface area contributed by atoms with Crippen molar-refractivity contribution in [2.75, 3.05) is 5.32 Å². The molecule has 0 atom stereocenters. The average molecular weight is 318 g/mol. The summed E-state index contributed by atoms with van der Waals surface area (Å²) in [6, 6.07) is 18.1. The summed E-state index contributed by atoms with van der Waals surface area (Å²) in [5, 5.41) is 6.51. The van der Waals surface area contributed by atoms with Crippen molar-refractivity contribution in [1.82, 2.24) is 15.0 Å².